The minimum absolute atomic E-state index is 0.0592. The van der Waals surface area contributed by atoms with E-state index in [-0.39, 0.29) is 24.3 Å². The van der Waals surface area contributed by atoms with Crippen molar-refractivity contribution >= 4 is 6.09 Å². The lowest BCUT2D eigenvalue weighted by atomic mass is 9.82. The van der Waals surface area contributed by atoms with Crippen LogP contribution in [0.25, 0.3) is 0 Å². The number of ether oxygens (including phenoxy) is 3. The van der Waals surface area contributed by atoms with Crippen molar-refractivity contribution in [1.29, 1.82) is 0 Å². The van der Waals surface area contributed by atoms with Crippen molar-refractivity contribution in [3.63, 3.8) is 0 Å². The standard InChI is InChI=1S/C20H29NO4/c1-19(2,3)17-11-14-10-16-15(23-12-24-16)9-13(14)7-8-21(17)18(22)25-20(4,5)6/h9-10,17H,7-8,11-12H2,1-6H3. The van der Waals surface area contributed by atoms with Crippen molar-refractivity contribution in [2.75, 3.05) is 13.3 Å². The third-order valence-electron chi connectivity index (χ3n) is 4.73. The van der Waals surface area contributed by atoms with Gasteiger partial charge in [0.25, 0.3) is 0 Å². The molecule has 1 atom stereocenters. The van der Waals surface area contributed by atoms with Gasteiger partial charge in [-0.3, -0.25) is 0 Å². The fraction of sp³-hybridized carbons (Fsp3) is 0.650. The van der Waals surface area contributed by atoms with Gasteiger partial charge >= 0.3 is 6.09 Å². The summed E-state index contributed by atoms with van der Waals surface area (Å²) in [5, 5.41) is 0. The van der Waals surface area contributed by atoms with E-state index in [4.69, 9.17) is 14.2 Å². The van der Waals surface area contributed by atoms with E-state index in [0.29, 0.717) is 6.54 Å². The van der Waals surface area contributed by atoms with Gasteiger partial charge in [-0.25, -0.2) is 4.79 Å². The van der Waals surface area contributed by atoms with E-state index in [1.165, 1.54) is 11.1 Å². The molecule has 2 aliphatic rings. The molecule has 0 saturated carbocycles. The first-order valence-corrected chi connectivity index (χ1v) is 8.95. The van der Waals surface area contributed by atoms with Crippen molar-refractivity contribution in [3.05, 3.63) is 23.3 Å². The molecule has 0 spiro atoms. The fourth-order valence-corrected chi connectivity index (χ4v) is 3.48. The molecule has 1 aromatic carbocycles. The van der Waals surface area contributed by atoms with Gasteiger partial charge in [-0.2, -0.15) is 0 Å². The van der Waals surface area contributed by atoms with Gasteiger partial charge < -0.3 is 19.1 Å². The van der Waals surface area contributed by atoms with Crippen molar-refractivity contribution in [2.45, 2.75) is 66.0 Å². The molecule has 0 aliphatic carbocycles. The Morgan fingerprint density at radius 1 is 1.08 bits per heavy atom. The van der Waals surface area contributed by atoms with Gasteiger partial charge in [0.1, 0.15) is 5.60 Å². The van der Waals surface area contributed by atoms with Gasteiger partial charge in [0, 0.05) is 12.6 Å². The van der Waals surface area contributed by atoms with Crippen LogP contribution >= 0.6 is 0 Å². The minimum atomic E-state index is -0.498. The first-order valence-electron chi connectivity index (χ1n) is 8.95. The summed E-state index contributed by atoms with van der Waals surface area (Å²) in [5.74, 6) is 1.61. The van der Waals surface area contributed by atoms with Crippen LogP contribution < -0.4 is 9.47 Å². The Balaban J connectivity index is 1.92. The first-order chi connectivity index (χ1) is 11.5. The number of rotatable bonds is 0. The number of benzene rings is 1. The lowest BCUT2D eigenvalue weighted by molar-refractivity contribution is 0.00354. The van der Waals surface area contributed by atoms with Crippen LogP contribution in [-0.2, 0) is 17.6 Å². The summed E-state index contributed by atoms with van der Waals surface area (Å²) in [6.45, 7) is 13.2. The smallest absolute Gasteiger partial charge is 0.410 e. The van der Waals surface area contributed by atoms with E-state index < -0.39 is 5.60 Å². The Morgan fingerprint density at radius 3 is 2.24 bits per heavy atom. The van der Waals surface area contributed by atoms with Gasteiger partial charge in [-0.15, -0.1) is 0 Å². The number of hydrogen-bond acceptors (Lipinski definition) is 4. The van der Waals surface area contributed by atoms with E-state index in [0.717, 1.165) is 24.3 Å². The molecule has 0 aromatic heterocycles. The van der Waals surface area contributed by atoms with E-state index >= 15 is 0 Å². The topological polar surface area (TPSA) is 48.0 Å². The van der Waals surface area contributed by atoms with Crippen molar-refractivity contribution in [1.82, 2.24) is 4.90 Å². The Morgan fingerprint density at radius 2 is 1.68 bits per heavy atom. The minimum Gasteiger partial charge on any atom is -0.454 e. The van der Waals surface area contributed by atoms with Crippen LogP contribution in [0.1, 0.15) is 52.7 Å². The van der Waals surface area contributed by atoms with Gasteiger partial charge in [0.05, 0.1) is 0 Å². The molecule has 138 valence electrons. The molecule has 2 heterocycles. The lowest BCUT2D eigenvalue weighted by Gasteiger charge is -2.39. The second-order valence-electron chi connectivity index (χ2n) is 8.98. The first kappa shape index (κ1) is 17.9. The molecule has 3 rings (SSSR count). The molecule has 5 nitrogen and oxygen atoms in total. The number of fused-ring (bicyclic) bond motifs is 2. The fourth-order valence-electron chi connectivity index (χ4n) is 3.48. The molecule has 1 aromatic rings. The molecule has 0 saturated heterocycles. The zero-order valence-electron chi connectivity index (χ0n) is 16.1. The molecule has 2 aliphatic heterocycles. The highest BCUT2D eigenvalue weighted by molar-refractivity contribution is 5.69. The molecule has 1 unspecified atom stereocenters. The summed E-state index contributed by atoms with van der Waals surface area (Å²) < 4.78 is 16.7. The van der Waals surface area contributed by atoms with Crippen LogP contribution in [0.3, 0.4) is 0 Å². The van der Waals surface area contributed by atoms with Gasteiger partial charge in [0.15, 0.2) is 11.5 Å². The lowest BCUT2D eigenvalue weighted by Crippen LogP contribution is -2.50. The maximum absolute atomic E-state index is 12.8. The van der Waals surface area contributed by atoms with E-state index in [2.05, 4.69) is 32.9 Å². The number of carbonyl (C=O) groups is 1. The quantitative estimate of drug-likeness (QED) is 0.707. The van der Waals surface area contributed by atoms with Crippen LogP contribution in [0.2, 0.25) is 0 Å². The summed E-state index contributed by atoms with van der Waals surface area (Å²) in [5.41, 5.74) is 1.90. The molecule has 0 N–H and O–H groups in total. The third kappa shape index (κ3) is 3.86. The highest BCUT2D eigenvalue weighted by atomic mass is 16.7. The van der Waals surface area contributed by atoms with Gasteiger partial charge in [-0.1, -0.05) is 20.8 Å². The van der Waals surface area contributed by atoms with Crippen molar-refractivity contribution in [2.24, 2.45) is 5.41 Å². The molecule has 5 heteroatoms. The molecule has 1 amide bonds. The summed E-state index contributed by atoms with van der Waals surface area (Å²) in [7, 11) is 0. The molecule has 25 heavy (non-hydrogen) atoms. The molecule has 0 fully saturated rings. The van der Waals surface area contributed by atoms with E-state index in [1.807, 2.05) is 25.7 Å². The average molecular weight is 347 g/mol. The Hall–Kier alpha value is -1.91. The number of hydrogen-bond donors (Lipinski definition) is 0. The number of amides is 1. The van der Waals surface area contributed by atoms with Crippen LogP contribution in [0.15, 0.2) is 12.1 Å². The highest BCUT2D eigenvalue weighted by Crippen LogP contribution is 2.39. The highest BCUT2D eigenvalue weighted by Gasteiger charge is 2.38. The summed E-state index contributed by atoms with van der Waals surface area (Å²) >= 11 is 0. The Kier molecular flexibility index (Phi) is 4.38. The largest absolute Gasteiger partial charge is 0.454 e. The third-order valence-corrected chi connectivity index (χ3v) is 4.73. The number of carbonyl (C=O) groups excluding carboxylic acids is 1. The Labute approximate surface area is 150 Å². The zero-order valence-corrected chi connectivity index (χ0v) is 16.1. The van der Waals surface area contributed by atoms with Crippen LogP contribution in [0.4, 0.5) is 4.79 Å². The van der Waals surface area contributed by atoms with Gasteiger partial charge in [0.2, 0.25) is 6.79 Å². The molecule has 0 radical (unpaired) electrons. The van der Waals surface area contributed by atoms with E-state index in [1.54, 1.807) is 0 Å². The summed E-state index contributed by atoms with van der Waals surface area (Å²) in [6.07, 6.45) is 1.34. The maximum atomic E-state index is 12.8. The van der Waals surface area contributed by atoms with E-state index in [9.17, 15) is 4.79 Å². The summed E-state index contributed by atoms with van der Waals surface area (Å²) in [4.78, 5) is 14.7. The molecular formula is C20H29NO4. The molecule has 0 bridgehead atoms. The maximum Gasteiger partial charge on any atom is 0.410 e. The predicted molar refractivity (Wildman–Crippen MR) is 96.2 cm³/mol. The van der Waals surface area contributed by atoms with Crippen LogP contribution in [-0.4, -0.2) is 36.0 Å². The molecular weight excluding hydrogens is 318 g/mol. The monoisotopic (exact) mass is 347 g/mol. The Bertz CT molecular complexity index is 669. The average Bonchev–Trinajstić information content (AvgIpc) is 2.80. The van der Waals surface area contributed by atoms with Crippen molar-refractivity contribution < 1.29 is 19.0 Å². The van der Waals surface area contributed by atoms with Crippen molar-refractivity contribution in [3.8, 4) is 11.5 Å². The summed E-state index contributed by atoms with van der Waals surface area (Å²) in [6, 6.07) is 4.20. The SMILES string of the molecule is CC(C)(C)OC(=O)N1CCc2cc3c(cc2CC1C(C)(C)C)OCO3. The van der Waals surface area contributed by atoms with Crippen LogP contribution in [0.5, 0.6) is 11.5 Å². The van der Waals surface area contributed by atoms with Crippen LogP contribution in [0, 0.1) is 5.41 Å². The second kappa shape index (κ2) is 6.11. The second-order valence-corrected chi connectivity index (χ2v) is 8.98. The number of nitrogens with zero attached hydrogens (tertiary/aromatic N) is 1. The normalized spacial score (nSPS) is 20.1. The predicted octanol–water partition coefficient (Wildman–Crippen LogP) is 4.17. The van der Waals surface area contributed by atoms with Gasteiger partial charge in [-0.05, 0) is 62.3 Å². The zero-order chi connectivity index (χ0) is 18.4.